The average molecular weight is 351 g/mol. The number of aryl methyl sites for hydroxylation is 1. The van der Waals surface area contributed by atoms with Gasteiger partial charge in [0.1, 0.15) is 17.4 Å². The third-order valence-corrected chi connectivity index (χ3v) is 4.77. The lowest BCUT2D eigenvalue weighted by molar-refractivity contribution is 0.411. The molecule has 0 atom stereocenters. The monoisotopic (exact) mass is 351 g/mol. The summed E-state index contributed by atoms with van der Waals surface area (Å²) >= 11 is 1.57. The maximum absolute atomic E-state index is 5.50. The van der Waals surface area contributed by atoms with Crippen molar-refractivity contribution in [2.75, 3.05) is 7.11 Å². The van der Waals surface area contributed by atoms with Gasteiger partial charge in [0.2, 0.25) is 5.16 Å². The zero-order valence-corrected chi connectivity index (χ0v) is 14.7. The van der Waals surface area contributed by atoms with E-state index in [1.165, 1.54) is 0 Å². The molecule has 4 aromatic rings. The smallest absolute Gasteiger partial charge is 0.208 e. The average Bonchev–Trinajstić information content (AvgIpc) is 3.25. The molecule has 0 spiro atoms. The van der Waals surface area contributed by atoms with Crippen molar-refractivity contribution in [3.05, 3.63) is 53.9 Å². The Morgan fingerprint density at radius 2 is 2.00 bits per heavy atom. The van der Waals surface area contributed by atoms with Gasteiger partial charge in [0.15, 0.2) is 0 Å². The number of H-pyrrole nitrogens is 2. The second-order valence-corrected chi connectivity index (χ2v) is 6.56. The Balaban J connectivity index is 1.65. The minimum atomic E-state index is 0.717. The van der Waals surface area contributed by atoms with E-state index in [0.717, 1.165) is 44.7 Å². The summed E-state index contributed by atoms with van der Waals surface area (Å²) in [7, 11) is 1.68. The zero-order chi connectivity index (χ0) is 17.2. The van der Waals surface area contributed by atoms with Crippen LogP contribution in [0.5, 0.6) is 5.75 Å². The summed E-state index contributed by atoms with van der Waals surface area (Å²) in [4.78, 5) is 12.4. The molecule has 25 heavy (non-hydrogen) atoms. The van der Waals surface area contributed by atoms with Crippen molar-refractivity contribution in [2.45, 2.75) is 17.8 Å². The van der Waals surface area contributed by atoms with Crippen LogP contribution < -0.4 is 4.74 Å². The highest BCUT2D eigenvalue weighted by molar-refractivity contribution is 7.98. The number of para-hydroxylation sites is 2. The first-order chi connectivity index (χ1) is 12.2. The Morgan fingerprint density at radius 3 is 2.76 bits per heavy atom. The topological polar surface area (TPSA) is 79.5 Å². The van der Waals surface area contributed by atoms with Crippen LogP contribution in [-0.2, 0) is 5.75 Å². The molecule has 0 bridgehead atoms. The van der Waals surface area contributed by atoms with Crippen molar-refractivity contribution in [3.8, 4) is 17.1 Å². The van der Waals surface area contributed by atoms with Crippen LogP contribution >= 0.6 is 11.8 Å². The van der Waals surface area contributed by atoms with E-state index in [-0.39, 0.29) is 0 Å². The molecule has 4 rings (SSSR count). The Labute approximate surface area is 149 Å². The maximum Gasteiger partial charge on any atom is 0.208 e. The van der Waals surface area contributed by atoms with Gasteiger partial charge >= 0.3 is 0 Å². The quantitative estimate of drug-likeness (QED) is 0.532. The minimum Gasteiger partial charge on any atom is -0.496 e. The minimum absolute atomic E-state index is 0.717. The lowest BCUT2D eigenvalue weighted by Crippen LogP contribution is -1.92. The molecule has 0 amide bonds. The largest absolute Gasteiger partial charge is 0.496 e. The van der Waals surface area contributed by atoms with E-state index in [4.69, 9.17) is 4.74 Å². The molecule has 0 aliphatic heterocycles. The molecule has 2 N–H and O–H groups in total. The predicted octanol–water partition coefficient (Wildman–Crippen LogP) is 3.96. The highest BCUT2D eigenvalue weighted by Crippen LogP contribution is 2.30. The number of rotatable bonds is 5. The summed E-state index contributed by atoms with van der Waals surface area (Å²) in [6.07, 6.45) is 0. The van der Waals surface area contributed by atoms with E-state index < -0.39 is 0 Å². The van der Waals surface area contributed by atoms with Crippen LogP contribution in [0.3, 0.4) is 0 Å². The number of ether oxygens (including phenoxy) is 1. The zero-order valence-electron chi connectivity index (χ0n) is 13.9. The predicted molar refractivity (Wildman–Crippen MR) is 98.8 cm³/mol. The summed E-state index contributed by atoms with van der Waals surface area (Å²) in [6, 6.07) is 14.1. The van der Waals surface area contributed by atoms with Gasteiger partial charge in [-0.1, -0.05) is 23.9 Å². The molecule has 0 aliphatic rings. The molecule has 7 heteroatoms. The van der Waals surface area contributed by atoms with E-state index in [9.17, 15) is 0 Å². The molecule has 0 saturated carbocycles. The van der Waals surface area contributed by atoms with E-state index in [2.05, 4.69) is 31.2 Å². The van der Waals surface area contributed by atoms with Crippen molar-refractivity contribution < 1.29 is 4.74 Å². The fraction of sp³-hybridized carbons (Fsp3) is 0.167. The number of nitrogens with zero attached hydrogens (tertiary/aromatic N) is 3. The summed E-state index contributed by atoms with van der Waals surface area (Å²) in [6.45, 7) is 1.89. The number of aromatic nitrogens is 5. The van der Waals surface area contributed by atoms with E-state index in [1.807, 2.05) is 43.3 Å². The van der Waals surface area contributed by atoms with E-state index >= 15 is 0 Å². The summed E-state index contributed by atoms with van der Waals surface area (Å²) < 4.78 is 5.50. The van der Waals surface area contributed by atoms with Crippen LogP contribution in [0.1, 0.15) is 11.4 Å². The second kappa shape index (κ2) is 6.60. The Morgan fingerprint density at radius 1 is 1.12 bits per heavy atom. The van der Waals surface area contributed by atoms with E-state index in [1.54, 1.807) is 18.9 Å². The number of benzene rings is 2. The summed E-state index contributed by atoms with van der Waals surface area (Å²) in [5, 5.41) is 7.75. The van der Waals surface area contributed by atoms with Crippen LogP contribution in [0.25, 0.3) is 22.4 Å². The molecular weight excluding hydrogens is 334 g/mol. The normalized spacial score (nSPS) is 11.1. The second-order valence-electron chi connectivity index (χ2n) is 5.62. The SMILES string of the molecule is COc1ccc(-c2nc3ccccc3[nH]2)cc1CSc1n[nH]c(C)n1. The van der Waals surface area contributed by atoms with Crippen LogP contribution in [0.2, 0.25) is 0 Å². The van der Waals surface area contributed by atoms with Gasteiger partial charge in [-0.2, -0.15) is 0 Å². The van der Waals surface area contributed by atoms with Gasteiger partial charge in [0, 0.05) is 16.9 Å². The van der Waals surface area contributed by atoms with Crippen LogP contribution in [0, 0.1) is 6.92 Å². The molecule has 0 aliphatic carbocycles. The van der Waals surface area contributed by atoms with E-state index in [0.29, 0.717) is 5.75 Å². The molecule has 0 fully saturated rings. The number of aromatic amines is 2. The molecule has 0 unspecified atom stereocenters. The number of hydrogen-bond acceptors (Lipinski definition) is 5. The molecule has 6 nitrogen and oxygen atoms in total. The summed E-state index contributed by atoms with van der Waals surface area (Å²) in [5.74, 6) is 3.23. The van der Waals surface area contributed by atoms with Gasteiger partial charge in [0.25, 0.3) is 0 Å². The number of nitrogens with one attached hydrogen (secondary N) is 2. The highest BCUT2D eigenvalue weighted by Gasteiger charge is 2.11. The fourth-order valence-corrected chi connectivity index (χ4v) is 3.48. The Bertz CT molecular complexity index is 990. The van der Waals surface area contributed by atoms with Crippen molar-refractivity contribution in [2.24, 2.45) is 0 Å². The Hall–Kier alpha value is -2.80. The molecule has 0 radical (unpaired) electrons. The molecule has 2 aromatic heterocycles. The third kappa shape index (κ3) is 3.23. The van der Waals surface area contributed by atoms with Crippen LogP contribution in [0.4, 0.5) is 0 Å². The van der Waals surface area contributed by atoms with Crippen molar-refractivity contribution in [1.29, 1.82) is 0 Å². The maximum atomic E-state index is 5.50. The standard InChI is InChI=1S/C18H17N5OS/c1-11-19-18(23-22-11)25-10-13-9-12(7-8-16(13)24-2)17-20-14-5-3-4-6-15(14)21-17/h3-9H,10H2,1-2H3,(H,20,21)(H,19,22,23). The molecule has 126 valence electrons. The van der Waals surface area contributed by atoms with Crippen molar-refractivity contribution in [1.82, 2.24) is 25.1 Å². The number of methoxy groups -OCH3 is 1. The first-order valence-corrected chi connectivity index (χ1v) is 8.85. The molecule has 0 saturated heterocycles. The lowest BCUT2D eigenvalue weighted by atomic mass is 10.1. The number of thioether (sulfide) groups is 1. The Kier molecular flexibility index (Phi) is 4.15. The van der Waals surface area contributed by atoms with Gasteiger partial charge < -0.3 is 9.72 Å². The van der Waals surface area contributed by atoms with Gasteiger partial charge in [-0.05, 0) is 37.3 Å². The van der Waals surface area contributed by atoms with Crippen LogP contribution in [-0.4, -0.2) is 32.3 Å². The molecule has 2 heterocycles. The number of fused-ring (bicyclic) bond motifs is 1. The van der Waals surface area contributed by atoms with Crippen molar-refractivity contribution >= 4 is 22.8 Å². The van der Waals surface area contributed by atoms with Crippen LogP contribution in [0.15, 0.2) is 47.6 Å². The first-order valence-electron chi connectivity index (χ1n) is 7.87. The lowest BCUT2D eigenvalue weighted by Gasteiger charge is -2.09. The molecular formula is C18H17N5OS. The highest BCUT2D eigenvalue weighted by atomic mass is 32.2. The van der Waals surface area contributed by atoms with Gasteiger partial charge in [0.05, 0.1) is 18.1 Å². The van der Waals surface area contributed by atoms with Crippen molar-refractivity contribution in [3.63, 3.8) is 0 Å². The summed E-state index contributed by atoms with van der Waals surface area (Å²) in [5.41, 5.74) is 4.09. The first kappa shape index (κ1) is 15.7. The van der Waals surface area contributed by atoms with Gasteiger partial charge in [-0.3, -0.25) is 5.10 Å². The fourth-order valence-electron chi connectivity index (χ4n) is 2.66. The van der Waals surface area contributed by atoms with Gasteiger partial charge in [-0.15, -0.1) is 5.10 Å². The van der Waals surface area contributed by atoms with Gasteiger partial charge in [-0.25, -0.2) is 9.97 Å². The third-order valence-electron chi connectivity index (χ3n) is 3.88. The molecule has 2 aromatic carbocycles. The number of hydrogen-bond donors (Lipinski definition) is 2. The number of imidazole rings is 1.